The molecule has 2 aliphatic rings. The number of ether oxygens (including phenoxy) is 1. The van der Waals surface area contributed by atoms with Gasteiger partial charge in [-0.2, -0.15) is 11.8 Å². The fourth-order valence-corrected chi connectivity index (χ4v) is 4.45. The lowest BCUT2D eigenvalue weighted by atomic mass is 10.2. The molecule has 0 spiro atoms. The predicted octanol–water partition coefficient (Wildman–Crippen LogP) is 1.93. The molecule has 1 saturated heterocycles. The summed E-state index contributed by atoms with van der Waals surface area (Å²) in [6.07, 6.45) is 7.90. The Morgan fingerprint density at radius 2 is 2.00 bits per heavy atom. The highest BCUT2D eigenvalue weighted by molar-refractivity contribution is 7.99. The van der Waals surface area contributed by atoms with Gasteiger partial charge in [0.05, 0.1) is 12.2 Å². The number of nitrogens with zero attached hydrogens (tertiary/aromatic N) is 2. The normalized spacial score (nSPS) is 33.0. The average molecular weight is 343 g/mol. The number of nitrogens with one attached hydrogen (secondary N) is 2. The van der Waals surface area contributed by atoms with Crippen LogP contribution in [0.1, 0.15) is 39.5 Å². The molecule has 0 aromatic rings. The molecule has 2 fully saturated rings. The van der Waals surface area contributed by atoms with E-state index in [-0.39, 0.29) is 0 Å². The van der Waals surface area contributed by atoms with E-state index in [9.17, 15) is 0 Å². The second-order valence-electron chi connectivity index (χ2n) is 6.88. The van der Waals surface area contributed by atoms with Crippen molar-refractivity contribution in [3.05, 3.63) is 0 Å². The van der Waals surface area contributed by atoms with E-state index < -0.39 is 0 Å². The molecule has 1 aliphatic carbocycles. The lowest BCUT2D eigenvalue weighted by molar-refractivity contribution is -0.0679. The van der Waals surface area contributed by atoms with E-state index in [1.54, 1.807) is 0 Å². The van der Waals surface area contributed by atoms with Gasteiger partial charge < -0.3 is 15.4 Å². The fourth-order valence-electron chi connectivity index (χ4n) is 3.65. The molecule has 0 radical (unpaired) electrons. The van der Waals surface area contributed by atoms with Gasteiger partial charge in [-0.3, -0.25) is 9.89 Å². The van der Waals surface area contributed by atoms with Crippen LogP contribution in [0.25, 0.3) is 0 Å². The maximum absolute atomic E-state index is 5.78. The molecule has 5 nitrogen and oxygen atoms in total. The van der Waals surface area contributed by atoms with E-state index in [0.717, 1.165) is 43.8 Å². The summed E-state index contributed by atoms with van der Waals surface area (Å²) < 4.78 is 5.78. The standard InChI is InChI=1S/C17H34N4OS/c1-13-11-21(12-14(2)22-13)9-5-8-19-17(18-3)20-15-6-7-16(10-15)23-4/h13-16H,5-12H2,1-4H3,(H2,18,19,20). The van der Waals surface area contributed by atoms with Gasteiger partial charge in [0, 0.05) is 44.5 Å². The molecule has 1 heterocycles. The molecule has 0 amide bonds. The largest absolute Gasteiger partial charge is 0.373 e. The van der Waals surface area contributed by atoms with E-state index in [1.807, 2.05) is 18.8 Å². The molecular weight excluding hydrogens is 308 g/mol. The molecule has 1 saturated carbocycles. The van der Waals surface area contributed by atoms with Crippen LogP contribution in [0.2, 0.25) is 0 Å². The number of guanidine groups is 1. The van der Waals surface area contributed by atoms with Crippen LogP contribution in [0.4, 0.5) is 0 Å². The highest BCUT2D eigenvalue weighted by Gasteiger charge is 2.24. The zero-order chi connectivity index (χ0) is 16.7. The zero-order valence-electron chi connectivity index (χ0n) is 15.2. The highest BCUT2D eigenvalue weighted by Crippen LogP contribution is 2.27. The summed E-state index contributed by atoms with van der Waals surface area (Å²) >= 11 is 1.99. The fraction of sp³-hybridized carbons (Fsp3) is 0.941. The van der Waals surface area contributed by atoms with Crippen LogP contribution in [-0.2, 0) is 4.74 Å². The maximum atomic E-state index is 5.78. The number of hydrogen-bond donors (Lipinski definition) is 2. The minimum absolute atomic E-state index is 0.355. The first-order chi connectivity index (χ1) is 11.1. The Bertz CT molecular complexity index is 370. The molecule has 0 aromatic heterocycles. The van der Waals surface area contributed by atoms with Crippen LogP contribution in [0.3, 0.4) is 0 Å². The minimum atomic E-state index is 0.355. The molecule has 0 aromatic carbocycles. The number of thioether (sulfide) groups is 1. The van der Waals surface area contributed by atoms with E-state index in [0.29, 0.717) is 18.2 Å². The van der Waals surface area contributed by atoms with E-state index in [1.165, 1.54) is 19.3 Å². The van der Waals surface area contributed by atoms with Crippen molar-refractivity contribution in [3.63, 3.8) is 0 Å². The van der Waals surface area contributed by atoms with Crippen LogP contribution >= 0.6 is 11.8 Å². The second kappa shape index (κ2) is 9.74. The van der Waals surface area contributed by atoms with Crippen LogP contribution in [0.5, 0.6) is 0 Å². The topological polar surface area (TPSA) is 48.9 Å². The van der Waals surface area contributed by atoms with Crippen molar-refractivity contribution >= 4 is 17.7 Å². The Hall–Kier alpha value is -0.460. The summed E-state index contributed by atoms with van der Waals surface area (Å²) in [5.74, 6) is 0.959. The Morgan fingerprint density at radius 1 is 1.26 bits per heavy atom. The van der Waals surface area contributed by atoms with Gasteiger partial charge in [-0.15, -0.1) is 0 Å². The zero-order valence-corrected chi connectivity index (χ0v) is 16.0. The molecule has 134 valence electrons. The molecule has 6 heteroatoms. The lowest BCUT2D eigenvalue weighted by Gasteiger charge is -2.35. The number of morpholine rings is 1. The van der Waals surface area contributed by atoms with Crippen LogP contribution in [-0.4, -0.2) is 73.8 Å². The minimum Gasteiger partial charge on any atom is -0.373 e. The van der Waals surface area contributed by atoms with Crippen molar-refractivity contribution in [1.29, 1.82) is 0 Å². The average Bonchev–Trinajstić information content (AvgIpc) is 2.97. The van der Waals surface area contributed by atoms with Crippen LogP contribution < -0.4 is 10.6 Å². The van der Waals surface area contributed by atoms with Gasteiger partial charge in [0.1, 0.15) is 0 Å². The number of aliphatic imine (C=N–C) groups is 1. The van der Waals surface area contributed by atoms with E-state index in [2.05, 4.69) is 40.6 Å². The predicted molar refractivity (Wildman–Crippen MR) is 101 cm³/mol. The molecule has 4 unspecified atom stereocenters. The quantitative estimate of drug-likeness (QED) is 0.439. The first kappa shape index (κ1) is 18.9. The van der Waals surface area contributed by atoms with Gasteiger partial charge in [0.2, 0.25) is 0 Å². The Kier molecular flexibility index (Phi) is 7.99. The Balaban J connectivity index is 1.60. The molecular formula is C17H34N4OS. The summed E-state index contributed by atoms with van der Waals surface area (Å²) in [4.78, 5) is 6.88. The van der Waals surface area contributed by atoms with Gasteiger partial charge in [-0.05, 0) is 45.8 Å². The third-order valence-electron chi connectivity index (χ3n) is 4.72. The van der Waals surface area contributed by atoms with Gasteiger partial charge >= 0.3 is 0 Å². The van der Waals surface area contributed by atoms with Crippen molar-refractivity contribution in [2.24, 2.45) is 4.99 Å². The Labute approximate surface area is 146 Å². The van der Waals surface area contributed by atoms with Crippen molar-refractivity contribution in [2.75, 3.05) is 39.5 Å². The van der Waals surface area contributed by atoms with Crippen molar-refractivity contribution in [2.45, 2.75) is 63.0 Å². The van der Waals surface area contributed by atoms with E-state index >= 15 is 0 Å². The van der Waals surface area contributed by atoms with E-state index in [4.69, 9.17) is 4.74 Å². The second-order valence-corrected chi connectivity index (χ2v) is 8.02. The number of hydrogen-bond acceptors (Lipinski definition) is 4. The lowest BCUT2D eigenvalue weighted by Crippen LogP contribution is -2.47. The van der Waals surface area contributed by atoms with Crippen LogP contribution in [0.15, 0.2) is 4.99 Å². The molecule has 4 atom stereocenters. The molecule has 0 bridgehead atoms. The summed E-state index contributed by atoms with van der Waals surface area (Å²) in [6.45, 7) is 8.52. The van der Waals surface area contributed by atoms with Crippen molar-refractivity contribution in [3.8, 4) is 0 Å². The third-order valence-corrected chi connectivity index (χ3v) is 5.82. The summed E-state index contributed by atoms with van der Waals surface area (Å²) in [5.41, 5.74) is 0. The summed E-state index contributed by atoms with van der Waals surface area (Å²) in [7, 11) is 1.86. The number of rotatable bonds is 6. The van der Waals surface area contributed by atoms with Gasteiger partial charge in [-0.1, -0.05) is 0 Å². The van der Waals surface area contributed by atoms with Crippen molar-refractivity contribution in [1.82, 2.24) is 15.5 Å². The van der Waals surface area contributed by atoms with Gasteiger partial charge in [0.15, 0.2) is 5.96 Å². The maximum Gasteiger partial charge on any atom is 0.191 e. The molecule has 23 heavy (non-hydrogen) atoms. The first-order valence-electron chi connectivity index (χ1n) is 8.98. The Morgan fingerprint density at radius 3 is 2.61 bits per heavy atom. The summed E-state index contributed by atoms with van der Waals surface area (Å²) in [6, 6.07) is 0.583. The molecule has 2 rings (SSSR count). The molecule has 2 N–H and O–H groups in total. The van der Waals surface area contributed by atoms with Crippen molar-refractivity contribution < 1.29 is 4.74 Å². The van der Waals surface area contributed by atoms with Gasteiger partial charge in [0.25, 0.3) is 0 Å². The smallest absolute Gasteiger partial charge is 0.191 e. The first-order valence-corrected chi connectivity index (χ1v) is 10.3. The van der Waals surface area contributed by atoms with Gasteiger partial charge in [-0.25, -0.2) is 0 Å². The SMILES string of the molecule is CN=C(NCCCN1CC(C)OC(C)C1)NC1CCC(SC)C1. The highest BCUT2D eigenvalue weighted by atomic mass is 32.2. The van der Waals surface area contributed by atoms with Crippen LogP contribution in [0, 0.1) is 0 Å². The molecule has 1 aliphatic heterocycles. The monoisotopic (exact) mass is 342 g/mol. The summed E-state index contributed by atoms with van der Waals surface area (Å²) in [5, 5.41) is 7.86. The third kappa shape index (κ3) is 6.51.